The second-order valence-corrected chi connectivity index (χ2v) is 13.0. The monoisotopic (exact) mass is 544 g/mol. The van der Waals surface area contributed by atoms with Crippen molar-refractivity contribution in [1.82, 2.24) is 14.5 Å². The Morgan fingerprint density at radius 2 is 1.76 bits per heavy atom. The van der Waals surface area contributed by atoms with Crippen LogP contribution in [0.5, 0.6) is 0 Å². The molecular weight excluding hydrogens is 520 g/mol. The summed E-state index contributed by atoms with van der Waals surface area (Å²) < 4.78 is 30.4. The molecule has 0 unspecified atom stereocenters. The molecule has 11 nitrogen and oxygen atoms in total. The number of fused-ring (bicyclic) bond motifs is 2. The van der Waals surface area contributed by atoms with Gasteiger partial charge in [-0.3, -0.25) is 14.4 Å². The first-order valence-electron chi connectivity index (χ1n) is 11.4. The number of rotatable bonds is 6. The molecule has 3 aliphatic heterocycles. The Bertz CT molecular complexity index is 1410. The van der Waals surface area contributed by atoms with Crippen molar-refractivity contribution >= 4 is 45.5 Å². The molecule has 0 saturated carbocycles. The molecule has 13 heteroatoms. The van der Waals surface area contributed by atoms with Gasteiger partial charge in [0.25, 0.3) is 15.9 Å². The van der Waals surface area contributed by atoms with E-state index in [2.05, 4.69) is 5.32 Å². The molecule has 2 fully saturated rings. The van der Waals surface area contributed by atoms with Crippen molar-refractivity contribution < 1.29 is 32.3 Å². The summed E-state index contributed by atoms with van der Waals surface area (Å²) in [5.41, 5.74) is 6.64. The maximum atomic E-state index is 13.1. The first kappa shape index (κ1) is 25.2. The van der Waals surface area contributed by atoms with E-state index in [0.29, 0.717) is 9.87 Å². The van der Waals surface area contributed by atoms with Gasteiger partial charge in [-0.15, -0.1) is 11.8 Å². The number of β-lactam (4-membered cyclic amide) rings is 1. The number of hydrogen-bond donors (Lipinski definition) is 2. The topological polar surface area (TPSA) is 156 Å². The smallest absolute Gasteiger partial charge is 0.332 e. The molecule has 4 atom stereocenters. The molecule has 3 aliphatic rings. The first-order valence-corrected chi connectivity index (χ1v) is 13.7. The molecule has 3 N–H and O–H groups in total. The van der Waals surface area contributed by atoms with Crippen molar-refractivity contribution in [2.24, 2.45) is 5.73 Å². The zero-order valence-electron chi connectivity index (χ0n) is 19.9. The normalized spacial score (nSPS) is 25.6. The van der Waals surface area contributed by atoms with Gasteiger partial charge in [-0.1, -0.05) is 42.5 Å². The van der Waals surface area contributed by atoms with E-state index in [1.54, 1.807) is 44.2 Å². The highest BCUT2D eigenvalue weighted by Gasteiger charge is 2.64. The van der Waals surface area contributed by atoms with Gasteiger partial charge in [0, 0.05) is 4.75 Å². The number of ether oxygens (including phenoxy) is 1. The fourth-order valence-corrected chi connectivity index (χ4v) is 7.79. The number of carbonyl (C=O) groups excluding carboxylic acids is 4. The highest BCUT2D eigenvalue weighted by molar-refractivity contribution is 8.01. The van der Waals surface area contributed by atoms with E-state index >= 15 is 0 Å². The van der Waals surface area contributed by atoms with Gasteiger partial charge in [0.2, 0.25) is 11.8 Å². The molecule has 2 aromatic carbocycles. The van der Waals surface area contributed by atoms with Crippen LogP contribution in [0.4, 0.5) is 0 Å². The molecule has 0 radical (unpaired) electrons. The summed E-state index contributed by atoms with van der Waals surface area (Å²) in [6, 6.07) is 11.6. The molecule has 5 rings (SSSR count). The van der Waals surface area contributed by atoms with E-state index in [1.165, 1.54) is 40.9 Å². The summed E-state index contributed by atoms with van der Waals surface area (Å²) in [7, 11) is -4.16. The number of nitrogens with zero attached hydrogens (tertiary/aromatic N) is 2. The second kappa shape index (κ2) is 8.85. The van der Waals surface area contributed by atoms with Gasteiger partial charge >= 0.3 is 5.97 Å². The minimum Gasteiger partial charge on any atom is -0.441 e. The van der Waals surface area contributed by atoms with Crippen molar-refractivity contribution in [3.05, 3.63) is 65.7 Å². The quantitative estimate of drug-likeness (QED) is 0.392. The van der Waals surface area contributed by atoms with Crippen molar-refractivity contribution in [1.29, 1.82) is 0 Å². The van der Waals surface area contributed by atoms with E-state index in [1.807, 2.05) is 0 Å². The highest BCUT2D eigenvalue weighted by Crippen LogP contribution is 2.51. The van der Waals surface area contributed by atoms with Gasteiger partial charge < -0.3 is 20.7 Å². The van der Waals surface area contributed by atoms with Crippen LogP contribution in [-0.4, -0.2) is 70.2 Å². The molecule has 2 saturated heterocycles. The largest absolute Gasteiger partial charge is 0.441 e. The van der Waals surface area contributed by atoms with E-state index in [4.69, 9.17) is 10.5 Å². The van der Waals surface area contributed by atoms with Crippen LogP contribution >= 0.6 is 11.8 Å². The average molecular weight is 545 g/mol. The minimum atomic E-state index is -4.16. The van der Waals surface area contributed by atoms with Crippen LogP contribution in [0.2, 0.25) is 0 Å². The molecule has 0 aliphatic carbocycles. The summed E-state index contributed by atoms with van der Waals surface area (Å²) in [6.45, 7) is 2.68. The number of nitrogens with one attached hydrogen (secondary N) is 1. The molecule has 3 heterocycles. The number of sulfonamides is 1. The molecule has 0 bridgehead atoms. The third kappa shape index (κ3) is 3.97. The van der Waals surface area contributed by atoms with Gasteiger partial charge in [-0.05, 0) is 31.5 Å². The zero-order chi connectivity index (χ0) is 26.7. The van der Waals surface area contributed by atoms with Crippen LogP contribution < -0.4 is 11.1 Å². The fourth-order valence-electron chi connectivity index (χ4n) is 4.74. The van der Waals surface area contributed by atoms with Crippen LogP contribution in [0.1, 0.15) is 35.8 Å². The number of esters is 1. The van der Waals surface area contributed by atoms with Crippen LogP contribution in [0.3, 0.4) is 0 Å². The average Bonchev–Trinajstić information content (AvgIpc) is 3.25. The van der Waals surface area contributed by atoms with Crippen LogP contribution in [0.25, 0.3) is 0 Å². The van der Waals surface area contributed by atoms with Crippen molar-refractivity contribution in [3.63, 3.8) is 0 Å². The summed E-state index contributed by atoms with van der Waals surface area (Å²) >= 11 is 1.31. The molecule has 0 spiro atoms. The van der Waals surface area contributed by atoms with Crippen LogP contribution in [-0.2, 0) is 29.1 Å². The molecule has 2 aromatic rings. The fraction of sp³-hybridized carbons (Fsp3) is 0.333. The Morgan fingerprint density at radius 3 is 2.43 bits per heavy atom. The lowest BCUT2D eigenvalue weighted by atomic mass is 9.95. The predicted molar refractivity (Wildman–Crippen MR) is 132 cm³/mol. The zero-order valence-corrected chi connectivity index (χ0v) is 21.5. The third-order valence-electron chi connectivity index (χ3n) is 6.64. The Balaban J connectivity index is 1.26. The van der Waals surface area contributed by atoms with Crippen molar-refractivity contribution in [2.75, 3.05) is 6.73 Å². The van der Waals surface area contributed by atoms with Gasteiger partial charge in [0.05, 0.1) is 5.56 Å². The van der Waals surface area contributed by atoms with Gasteiger partial charge in [0.15, 0.2) is 6.73 Å². The molecule has 194 valence electrons. The van der Waals surface area contributed by atoms with Crippen molar-refractivity contribution in [3.8, 4) is 0 Å². The van der Waals surface area contributed by atoms with Gasteiger partial charge in [-0.2, -0.15) is 4.31 Å². The maximum absolute atomic E-state index is 13.1. The SMILES string of the molecule is CC1(C)S[C@@H]2[C@H](NC(=O)[C@@H](N)c3ccccc3)C(=O)N2[C@H]1C(=O)OCN1C(=O)c2ccccc2S1(=O)=O. The van der Waals surface area contributed by atoms with Crippen LogP contribution in [0.15, 0.2) is 59.5 Å². The van der Waals surface area contributed by atoms with E-state index < -0.39 is 68.7 Å². The Hall–Kier alpha value is -3.42. The lowest BCUT2D eigenvalue weighted by Crippen LogP contribution is -2.71. The number of thioether (sulfide) groups is 1. The second-order valence-electron chi connectivity index (χ2n) is 9.38. The Morgan fingerprint density at radius 1 is 1.11 bits per heavy atom. The van der Waals surface area contributed by atoms with Crippen molar-refractivity contribution in [2.45, 2.75) is 47.0 Å². The van der Waals surface area contributed by atoms with Gasteiger partial charge in [0.1, 0.15) is 28.4 Å². The molecule has 0 aromatic heterocycles. The summed E-state index contributed by atoms with van der Waals surface area (Å²) in [6.07, 6.45) is 0. The van der Waals surface area contributed by atoms with E-state index in [9.17, 15) is 27.6 Å². The Kier molecular flexibility index (Phi) is 6.04. The number of benzene rings is 2. The number of carbonyl (C=O) groups is 4. The first-order chi connectivity index (χ1) is 17.4. The molecule has 3 amide bonds. The molecule has 37 heavy (non-hydrogen) atoms. The van der Waals surface area contributed by atoms with Crippen LogP contribution in [0, 0.1) is 0 Å². The summed E-state index contributed by atoms with van der Waals surface area (Å²) in [5, 5.41) is 2.14. The van der Waals surface area contributed by atoms with Gasteiger partial charge in [-0.25, -0.2) is 13.2 Å². The summed E-state index contributed by atoms with van der Waals surface area (Å²) in [5.74, 6) is -2.64. The van der Waals surface area contributed by atoms with E-state index in [0.717, 1.165) is 0 Å². The number of amides is 3. The van der Waals surface area contributed by atoms with E-state index in [-0.39, 0.29) is 10.5 Å². The number of hydrogen-bond acceptors (Lipinski definition) is 9. The maximum Gasteiger partial charge on any atom is 0.332 e. The lowest BCUT2D eigenvalue weighted by molar-refractivity contribution is -0.165. The number of nitrogens with two attached hydrogens (primary N) is 1. The molecular formula is C24H24N4O7S2. The third-order valence-corrected chi connectivity index (χ3v) is 9.97. The Labute approximate surface area is 217 Å². The minimum absolute atomic E-state index is 0.000537. The summed E-state index contributed by atoms with van der Waals surface area (Å²) in [4.78, 5) is 52.5. The lowest BCUT2D eigenvalue weighted by Gasteiger charge is -2.44. The predicted octanol–water partition coefficient (Wildman–Crippen LogP) is 0.579. The standard InChI is InChI=1S/C24H24N4O7S2/c1-24(2)18(23(32)35-12-27-20(30)14-10-6-7-11-15(14)37(27,33)34)28-21(31)17(22(28)36-24)26-19(29)16(25)13-8-4-3-5-9-13/h3-11,16-18,22H,12,25H2,1-2H3,(H,26,29)/t16-,17+,18-,22+/m0/s1. The highest BCUT2D eigenvalue weighted by atomic mass is 32.2.